The summed E-state index contributed by atoms with van der Waals surface area (Å²) >= 11 is 0. The van der Waals surface area contributed by atoms with Crippen LogP contribution in [0.15, 0.2) is 0 Å². The number of hydrogen-bond acceptors (Lipinski definition) is 3. The molecule has 0 aromatic heterocycles. The Labute approximate surface area is 78.3 Å². The van der Waals surface area contributed by atoms with E-state index in [1.165, 1.54) is 0 Å². The zero-order valence-electron chi connectivity index (χ0n) is 8.17. The molecular weight excluding hydrogens is 170 g/mol. The van der Waals surface area contributed by atoms with Crippen molar-refractivity contribution in [3.63, 3.8) is 0 Å². The highest BCUT2D eigenvalue weighted by Gasteiger charge is 2.39. The summed E-state index contributed by atoms with van der Waals surface area (Å²) in [4.78, 5) is 11.0. The Bertz CT molecular complexity index is 195. The van der Waals surface area contributed by atoms with E-state index in [9.17, 15) is 9.90 Å². The van der Waals surface area contributed by atoms with Gasteiger partial charge in [-0.05, 0) is 6.92 Å². The van der Waals surface area contributed by atoms with Crippen molar-refractivity contribution in [2.24, 2.45) is 0 Å². The monoisotopic (exact) mass is 187 g/mol. The fourth-order valence-electron chi connectivity index (χ4n) is 1.38. The van der Waals surface area contributed by atoms with Crippen LogP contribution in [0.3, 0.4) is 0 Å². The number of carbonyl (C=O) groups is 1. The van der Waals surface area contributed by atoms with Crippen molar-refractivity contribution in [2.45, 2.75) is 38.4 Å². The van der Waals surface area contributed by atoms with Crippen LogP contribution >= 0.6 is 0 Å². The Morgan fingerprint density at radius 2 is 2.46 bits per heavy atom. The molecule has 0 saturated carbocycles. The quantitative estimate of drug-likeness (QED) is 0.656. The molecule has 0 radical (unpaired) electrons. The normalized spacial score (nSPS) is 33.3. The summed E-state index contributed by atoms with van der Waals surface area (Å²) in [6.07, 6.45) is 0.855. The van der Waals surface area contributed by atoms with E-state index >= 15 is 0 Å². The van der Waals surface area contributed by atoms with E-state index < -0.39 is 5.60 Å². The third-order valence-corrected chi connectivity index (χ3v) is 2.57. The Hall–Kier alpha value is -0.610. The molecule has 1 saturated heterocycles. The molecule has 2 N–H and O–H groups in total. The molecule has 1 amide bonds. The Morgan fingerprint density at radius 1 is 1.77 bits per heavy atom. The maximum absolute atomic E-state index is 11.0. The standard InChI is InChI=1S/C9H17NO3/c1-3-8(11)10-6-9(12)4-5-13-7(9)2/h7,12H,3-6H2,1-2H3,(H,10,11). The van der Waals surface area contributed by atoms with Crippen molar-refractivity contribution < 1.29 is 14.6 Å². The first-order valence-electron chi connectivity index (χ1n) is 4.69. The number of ether oxygens (including phenoxy) is 1. The van der Waals surface area contributed by atoms with E-state index in [-0.39, 0.29) is 12.0 Å². The Kier molecular flexibility index (Phi) is 3.27. The maximum Gasteiger partial charge on any atom is 0.219 e. The van der Waals surface area contributed by atoms with Crippen molar-refractivity contribution in [1.29, 1.82) is 0 Å². The first-order valence-corrected chi connectivity index (χ1v) is 4.69. The van der Waals surface area contributed by atoms with Crippen LogP contribution in [-0.2, 0) is 9.53 Å². The molecule has 1 heterocycles. The second kappa shape index (κ2) is 4.07. The highest BCUT2D eigenvalue weighted by Crippen LogP contribution is 2.24. The van der Waals surface area contributed by atoms with Gasteiger partial charge in [0.2, 0.25) is 5.91 Å². The second-order valence-electron chi connectivity index (χ2n) is 3.50. The molecule has 2 atom stereocenters. The lowest BCUT2D eigenvalue weighted by molar-refractivity contribution is -0.122. The number of carbonyl (C=O) groups excluding carboxylic acids is 1. The highest BCUT2D eigenvalue weighted by atomic mass is 16.5. The number of hydrogen-bond donors (Lipinski definition) is 2. The van der Waals surface area contributed by atoms with E-state index in [4.69, 9.17) is 4.74 Å². The maximum atomic E-state index is 11.0. The molecule has 1 aliphatic heterocycles. The smallest absolute Gasteiger partial charge is 0.219 e. The van der Waals surface area contributed by atoms with Crippen molar-refractivity contribution in [2.75, 3.05) is 13.2 Å². The fraction of sp³-hybridized carbons (Fsp3) is 0.889. The Balaban J connectivity index is 2.38. The first-order chi connectivity index (χ1) is 6.08. The Morgan fingerprint density at radius 3 is 2.92 bits per heavy atom. The van der Waals surface area contributed by atoms with Crippen LogP contribution in [0.25, 0.3) is 0 Å². The van der Waals surface area contributed by atoms with Gasteiger partial charge in [-0.25, -0.2) is 0 Å². The molecule has 0 bridgehead atoms. The van der Waals surface area contributed by atoms with E-state index in [0.29, 0.717) is 26.0 Å². The van der Waals surface area contributed by atoms with Crippen molar-refractivity contribution in [1.82, 2.24) is 5.32 Å². The summed E-state index contributed by atoms with van der Waals surface area (Å²) in [6, 6.07) is 0. The molecule has 0 aromatic rings. The number of rotatable bonds is 3. The number of amides is 1. The summed E-state index contributed by atoms with van der Waals surface area (Å²) < 4.78 is 5.23. The van der Waals surface area contributed by atoms with Crippen LogP contribution < -0.4 is 5.32 Å². The van der Waals surface area contributed by atoms with Gasteiger partial charge in [-0.15, -0.1) is 0 Å². The third-order valence-electron chi connectivity index (χ3n) is 2.57. The SMILES string of the molecule is CCC(=O)NCC1(O)CCOC1C. The number of nitrogens with one attached hydrogen (secondary N) is 1. The summed E-state index contributed by atoms with van der Waals surface area (Å²) in [6.45, 7) is 4.47. The molecule has 13 heavy (non-hydrogen) atoms. The molecule has 1 rings (SSSR count). The minimum atomic E-state index is -0.870. The van der Waals surface area contributed by atoms with Gasteiger partial charge in [0.05, 0.1) is 6.10 Å². The summed E-state index contributed by atoms with van der Waals surface area (Å²) in [5.74, 6) is -0.0347. The highest BCUT2D eigenvalue weighted by molar-refractivity contribution is 5.75. The minimum Gasteiger partial charge on any atom is -0.385 e. The molecule has 1 fully saturated rings. The van der Waals surface area contributed by atoms with Crippen LogP contribution in [0, 0.1) is 0 Å². The topological polar surface area (TPSA) is 58.6 Å². The predicted molar refractivity (Wildman–Crippen MR) is 48.3 cm³/mol. The molecule has 2 unspecified atom stereocenters. The van der Waals surface area contributed by atoms with Gasteiger partial charge < -0.3 is 15.2 Å². The van der Waals surface area contributed by atoms with Crippen LogP contribution in [0.5, 0.6) is 0 Å². The van der Waals surface area contributed by atoms with Gasteiger partial charge in [0, 0.05) is 26.0 Å². The average Bonchev–Trinajstić information content (AvgIpc) is 2.44. The molecule has 1 aliphatic rings. The van der Waals surface area contributed by atoms with Crippen LogP contribution in [-0.4, -0.2) is 35.9 Å². The lowest BCUT2D eigenvalue weighted by atomic mass is 9.97. The van der Waals surface area contributed by atoms with Crippen LogP contribution in [0.2, 0.25) is 0 Å². The van der Waals surface area contributed by atoms with Crippen molar-refractivity contribution >= 4 is 5.91 Å². The average molecular weight is 187 g/mol. The van der Waals surface area contributed by atoms with E-state index in [0.717, 1.165) is 0 Å². The molecule has 4 heteroatoms. The molecule has 0 aliphatic carbocycles. The molecule has 0 spiro atoms. The van der Waals surface area contributed by atoms with Gasteiger partial charge >= 0.3 is 0 Å². The van der Waals surface area contributed by atoms with Crippen LogP contribution in [0.1, 0.15) is 26.7 Å². The summed E-state index contributed by atoms with van der Waals surface area (Å²) in [5, 5.41) is 12.6. The number of aliphatic hydroxyl groups is 1. The largest absolute Gasteiger partial charge is 0.385 e. The van der Waals surface area contributed by atoms with Gasteiger partial charge in [-0.2, -0.15) is 0 Å². The lowest BCUT2D eigenvalue weighted by Crippen LogP contribution is -2.47. The second-order valence-corrected chi connectivity index (χ2v) is 3.50. The molecule has 76 valence electrons. The minimum absolute atomic E-state index is 0.0347. The third kappa shape index (κ3) is 2.42. The zero-order valence-corrected chi connectivity index (χ0v) is 8.17. The molecule has 0 aromatic carbocycles. The predicted octanol–water partition coefficient (Wildman–Crippen LogP) is 0.0525. The van der Waals surface area contributed by atoms with E-state index in [2.05, 4.69) is 5.32 Å². The van der Waals surface area contributed by atoms with Gasteiger partial charge in [-0.1, -0.05) is 6.92 Å². The zero-order chi connectivity index (χ0) is 9.90. The molecule has 4 nitrogen and oxygen atoms in total. The summed E-state index contributed by atoms with van der Waals surface area (Å²) in [7, 11) is 0. The van der Waals surface area contributed by atoms with Gasteiger partial charge in [0.25, 0.3) is 0 Å². The van der Waals surface area contributed by atoms with E-state index in [1.54, 1.807) is 6.92 Å². The first kappa shape index (κ1) is 10.5. The van der Waals surface area contributed by atoms with E-state index in [1.807, 2.05) is 6.92 Å². The summed E-state index contributed by atoms with van der Waals surface area (Å²) in [5.41, 5.74) is -0.870. The molecular formula is C9H17NO3. The van der Waals surface area contributed by atoms with Crippen LogP contribution in [0.4, 0.5) is 0 Å². The lowest BCUT2D eigenvalue weighted by Gasteiger charge is -2.25. The van der Waals surface area contributed by atoms with Gasteiger partial charge in [0.1, 0.15) is 5.60 Å². The van der Waals surface area contributed by atoms with Crippen molar-refractivity contribution in [3.8, 4) is 0 Å². The van der Waals surface area contributed by atoms with Gasteiger partial charge in [0.15, 0.2) is 0 Å². The van der Waals surface area contributed by atoms with Crippen molar-refractivity contribution in [3.05, 3.63) is 0 Å². The van der Waals surface area contributed by atoms with Gasteiger partial charge in [-0.3, -0.25) is 4.79 Å². The fourth-order valence-corrected chi connectivity index (χ4v) is 1.38.